The van der Waals surface area contributed by atoms with Gasteiger partial charge < -0.3 is 10.1 Å². The molecule has 4 heteroatoms. The van der Waals surface area contributed by atoms with Gasteiger partial charge in [-0.2, -0.15) is 0 Å². The summed E-state index contributed by atoms with van der Waals surface area (Å²) in [6.07, 6.45) is -0.296. The molecule has 1 aliphatic rings. The number of amides is 1. The van der Waals surface area contributed by atoms with Crippen LogP contribution in [0.2, 0.25) is 0 Å². The first-order valence-electron chi connectivity index (χ1n) is 1.80. The second-order valence-electron chi connectivity index (χ2n) is 1.06. The zero-order valence-electron chi connectivity index (χ0n) is 3.53. The SMILES string of the molecule is O=C1NCCO1.[Cu]. The number of cyclic esters (lactones) is 1. The molecule has 45 valence electrons. The molecule has 7 heavy (non-hydrogen) atoms. The van der Waals surface area contributed by atoms with Gasteiger partial charge in [-0.15, -0.1) is 0 Å². The fourth-order valence-electron chi connectivity index (χ4n) is 0.348. The molecule has 0 aromatic rings. The number of carbonyl (C=O) groups excluding carboxylic acids is 1. The van der Waals surface area contributed by atoms with Crippen molar-refractivity contribution >= 4 is 6.09 Å². The normalized spacial score (nSPS) is 16.9. The maximum absolute atomic E-state index is 9.91. The van der Waals surface area contributed by atoms with Crippen LogP contribution in [0.5, 0.6) is 0 Å². The molecule has 0 unspecified atom stereocenters. The van der Waals surface area contributed by atoms with Crippen molar-refractivity contribution in [2.45, 2.75) is 0 Å². The Morgan fingerprint density at radius 1 is 1.71 bits per heavy atom. The van der Waals surface area contributed by atoms with Gasteiger partial charge in [-0.3, -0.25) is 0 Å². The van der Waals surface area contributed by atoms with Gasteiger partial charge in [0.05, 0.1) is 6.54 Å². The van der Waals surface area contributed by atoms with Gasteiger partial charge in [0.1, 0.15) is 6.61 Å². The summed E-state index contributed by atoms with van der Waals surface area (Å²) in [5.74, 6) is 0. The van der Waals surface area contributed by atoms with Gasteiger partial charge >= 0.3 is 6.09 Å². The van der Waals surface area contributed by atoms with E-state index in [0.717, 1.165) is 0 Å². The van der Waals surface area contributed by atoms with Crippen molar-refractivity contribution in [3.63, 3.8) is 0 Å². The Kier molecular flexibility index (Phi) is 2.79. The van der Waals surface area contributed by atoms with Gasteiger partial charge in [0, 0.05) is 17.1 Å². The zero-order valence-corrected chi connectivity index (χ0v) is 4.47. The first-order chi connectivity index (χ1) is 2.89. The van der Waals surface area contributed by atoms with E-state index in [2.05, 4.69) is 10.1 Å². The summed E-state index contributed by atoms with van der Waals surface area (Å²) >= 11 is 0. The van der Waals surface area contributed by atoms with Crippen molar-refractivity contribution in [3.8, 4) is 0 Å². The maximum Gasteiger partial charge on any atom is 0.407 e. The third-order valence-corrected chi connectivity index (χ3v) is 0.605. The van der Waals surface area contributed by atoms with Crippen molar-refractivity contribution in [2.24, 2.45) is 0 Å². The van der Waals surface area contributed by atoms with Gasteiger partial charge in [-0.1, -0.05) is 0 Å². The molecule has 1 amide bonds. The number of ether oxygens (including phenoxy) is 1. The molecular formula is C3H5CuNO2. The van der Waals surface area contributed by atoms with Crippen LogP contribution in [0.4, 0.5) is 4.79 Å². The summed E-state index contributed by atoms with van der Waals surface area (Å²) in [5.41, 5.74) is 0. The first-order valence-corrected chi connectivity index (χ1v) is 1.80. The van der Waals surface area contributed by atoms with E-state index in [9.17, 15) is 4.79 Å². The molecule has 1 fully saturated rings. The Balaban J connectivity index is 0.000000360. The summed E-state index contributed by atoms with van der Waals surface area (Å²) < 4.78 is 4.40. The Morgan fingerprint density at radius 2 is 2.43 bits per heavy atom. The summed E-state index contributed by atoms with van der Waals surface area (Å²) in [4.78, 5) is 9.91. The molecule has 1 N–H and O–H groups in total. The van der Waals surface area contributed by atoms with Crippen LogP contribution < -0.4 is 5.32 Å². The van der Waals surface area contributed by atoms with E-state index >= 15 is 0 Å². The van der Waals surface area contributed by atoms with E-state index in [0.29, 0.717) is 13.2 Å². The van der Waals surface area contributed by atoms with Crippen molar-refractivity contribution in [1.29, 1.82) is 0 Å². The molecule has 0 aromatic carbocycles. The molecule has 1 heterocycles. The Morgan fingerprint density at radius 3 is 2.57 bits per heavy atom. The average Bonchev–Trinajstić information content (AvgIpc) is 1.86. The molecule has 1 rings (SSSR count). The smallest absolute Gasteiger partial charge is 0.407 e. The van der Waals surface area contributed by atoms with Crippen molar-refractivity contribution in [3.05, 3.63) is 0 Å². The topological polar surface area (TPSA) is 38.3 Å². The number of carbonyl (C=O) groups is 1. The predicted molar refractivity (Wildman–Crippen MR) is 19.4 cm³/mol. The molecule has 1 saturated heterocycles. The number of nitrogens with one attached hydrogen (secondary N) is 1. The molecule has 0 spiro atoms. The van der Waals surface area contributed by atoms with Crippen LogP contribution in [-0.4, -0.2) is 19.2 Å². The molecule has 1 aliphatic heterocycles. The average molecular weight is 151 g/mol. The van der Waals surface area contributed by atoms with Crippen LogP contribution >= 0.6 is 0 Å². The summed E-state index contributed by atoms with van der Waals surface area (Å²) in [6.45, 7) is 1.19. The van der Waals surface area contributed by atoms with Crippen LogP contribution in [0.15, 0.2) is 0 Å². The second kappa shape index (κ2) is 2.88. The molecule has 3 nitrogen and oxygen atoms in total. The zero-order chi connectivity index (χ0) is 4.41. The Hall–Kier alpha value is -0.211. The van der Waals surface area contributed by atoms with Crippen LogP contribution in [0, 0.1) is 0 Å². The summed E-state index contributed by atoms with van der Waals surface area (Å²) in [6, 6.07) is 0. The molecule has 0 saturated carbocycles. The van der Waals surface area contributed by atoms with Gasteiger partial charge in [0.15, 0.2) is 0 Å². The Labute approximate surface area is 51.9 Å². The fraction of sp³-hybridized carbons (Fsp3) is 0.667. The van der Waals surface area contributed by atoms with E-state index in [-0.39, 0.29) is 23.2 Å². The third kappa shape index (κ3) is 1.80. The minimum atomic E-state index is -0.296. The van der Waals surface area contributed by atoms with Gasteiger partial charge in [0.2, 0.25) is 0 Å². The van der Waals surface area contributed by atoms with E-state index in [1.54, 1.807) is 0 Å². The van der Waals surface area contributed by atoms with Crippen LogP contribution in [0.25, 0.3) is 0 Å². The molecule has 0 aliphatic carbocycles. The minimum absolute atomic E-state index is 0. The monoisotopic (exact) mass is 150 g/mol. The van der Waals surface area contributed by atoms with Crippen LogP contribution in [0.1, 0.15) is 0 Å². The van der Waals surface area contributed by atoms with E-state index in [1.165, 1.54) is 0 Å². The summed E-state index contributed by atoms with van der Waals surface area (Å²) in [5, 5.41) is 2.46. The van der Waals surface area contributed by atoms with Crippen LogP contribution in [-0.2, 0) is 21.8 Å². The number of hydrogen-bond donors (Lipinski definition) is 1. The summed E-state index contributed by atoms with van der Waals surface area (Å²) in [7, 11) is 0. The van der Waals surface area contributed by atoms with Crippen molar-refractivity contribution in [1.82, 2.24) is 5.32 Å². The minimum Gasteiger partial charge on any atom is -0.448 e. The van der Waals surface area contributed by atoms with Gasteiger partial charge in [0.25, 0.3) is 0 Å². The third-order valence-electron chi connectivity index (χ3n) is 0.605. The van der Waals surface area contributed by atoms with Crippen molar-refractivity contribution in [2.75, 3.05) is 13.2 Å². The molecule has 0 bridgehead atoms. The molecular weight excluding hydrogens is 146 g/mol. The van der Waals surface area contributed by atoms with Gasteiger partial charge in [-0.05, 0) is 0 Å². The number of rotatable bonds is 0. The van der Waals surface area contributed by atoms with Gasteiger partial charge in [-0.25, -0.2) is 4.79 Å². The van der Waals surface area contributed by atoms with Crippen LogP contribution in [0.3, 0.4) is 0 Å². The van der Waals surface area contributed by atoms with E-state index in [4.69, 9.17) is 0 Å². The Bertz CT molecular complexity index is 67.3. The molecule has 0 aromatic heterocycles. The number of hydrogen-bond acceptors (Lipinski definition) is 2. The fourth-order valence-corrected chi connectivity index (χ4v) is 0.348. The maximum atomic E-state index is 9.91. The first kappa shape index (κ1) is 6.79. The van der Waals surface area contributed by atoms with E-state index in [1.807, 2.05) is 0 Å². The quantitative estimate of drug-likeness (QED) is 0.483. The standard InChI is InChI=1S/C3H5NO2.Cu/c5-3-4-1-2-6-3;/h1-2H2,(H,4,5);. The second-order valence-corrected chi connectivity index (χ2v) is 1.06. The molecule has 1 radical (unpaired) electrons. The molecule has 0 atom stereocenters. The van der Waals surface area contributed by atoms with E-state index < -0.39 is 0 Å². The number of alkyl carbamates (subject to hydrolysis) is 1. The largest absolute Gasteiger partial charge is 0.448 e. The predicted octanol–water partition coefficient (Wildman–Crippen LogP) is -0.276. The van der Waals surface area contributed by atoms with Crippen molar-refractivity contribution < 1.29 is 26.6 Å².